The second-order valence-corrected chi connectivity index (χ2v) is 11.7. The lowest BCUT2D eigenvalue weighted by Gasteiger charge is -2.25. The summed E-state index contributed by atoms with van der Waals surface area (Å²) in [5, 5.41) is 38.7. The van der Waals surface area contributed by atoms with Gasteiger partial charge in [-0.3, -0.25) is 9.59 Å². The summed E-state index contributed by atoms with van der Waals surface area (Å²) in [6.07, 6.45) is 3.42. The number of carbonyl (C=O) groups is 2. The number of para-hydroxylation sites is 1. The van der Waals surface area contributed by atoms with Gasteiger partial charge in [-0.2, -0.15) is 21.0 Å². The zero-order valence-electron chi connectivity index (χ0n) is 26.8. The van der Waals surface area contributed by atoms with Crippen LogP contribution >= 0.6 is 0 Å². The van der Waals surface area contributed by atoms with Gasteiger partial charge >= 0.3 is 0 Å². The highest BCUT2D eigenvalue weighted by atomic mass is 16.1. The molecule has 0 saturated heterocycles. The molecule has 0 saturated carbocycles. The first-order chi connectivity index (χ1) is 25.0. The van der Waals surface area contributed by atoms with Crippen LogP contribution in [0.25, 0.3) is 23.3 Å². The highest BCUT2D eigenvalue weighted by Gasteiger charge is 2.33. The van der Waals surface area contributed by atoms with Crippen molar-refractivity contribution in [3.63, 3.8) is 0 Å². The largest absolute Gasteiger partial charge is 0.311 e. The van der Waals surface area contributed by atoms with Crippen LogP contribution in [0.5, 0.6) is 0 Å². The van der Waals surface area contributed by atoms with Crippen LogP contribution < -0.4 is 4.90 Å². The molecule has 0 amide bonds. The van der Waals surface area contributed by atoms with Crippen molar-refractivity contribution in [3.05, 3.63) is 183 Å². The Bertz CT molecular complexity index is 2390. The molecule has 0 aromatic heterocycles. The summed E-state index contributed by atoms with van der Waals surface area (Å²) in [6, 6.07) is 46.7. The molecule has 51 heavy (non-hydrogen) atoms. The molecule has 5 aromatic rings. The number of allylic oxidation sites excluding steroid dienone is 6. The number of nitriles is 4. The van der Waals surface area contributed by atoms with Gasteiger partial charge in [0.15, 0.2) is 11.6 Å². The average Bonchev–Trinajstić information content (AvgIpc) is 3.61. The first-order valence-electron chi connectivity index (χ1n) is 15.8. The van der Waals surface area contributed by atoms with Crippen LogP contribution in [-0.2, 0) is 0 Å². The monoisotopic (exact) mass is 653 g/mol. The third-order valence-electron chi connectivity index (χ3n) is 8.80. The molecule has 2 aliphatic rings. The number of benzene rings is 5. The number of hydrogen-bond acceptors (Lipinski definition) is 7. The van der Waals surface area contributed by atoms with Gasteiger partial charge in [0, 0.05) is 50.5 Å². The van der Waals surface area contributed by atoms with E-state index in [4.69, 9.17) is 0 Å². The van der Waals surface area contributed by atoms with E-state index in [1.54, 1.807) is 60.7 Å². The molecule has 0 atom stereocenters. The van der Waals surface area contributed by atoms with Gasteiger partial charge in [0.25, 0.3) is 0 Å². The quantitative estimate of drug-likeness (QED) is 0.136. The molecule has 7 nitrogen and oxygen atoms in total. The fourth-order valence-corrected chi connectivity index (χ4v) is 6.49. The topological polar surface area (TPSA) is 133 Å². The highest BCUT2D eigenvalue weighted by Crippen LogP contribution is 2.42. The van der Waals surface area contributed by atoms with Gasteiger partial charge in [-0.05, 0) is 70.8 Å². The summed E-state index contributed by atoms with van der Waals surface area (Å²) in [6.45, 7) is 0. The van der Waals surface area contributed by atoms with E-state index in [-0.39, 0.29) is 22.7 Å². The van der Waals surface area contributed by atoms with Crippen LogP contribution in [0.4, 0.5) is 17.1 Å². The number of carbonyl (C=O) groups excluding carboxylic acids is 2. The third-order valence-corrected chi connectivity index (χ3v) is 8.80. The Hall–Kier alpha value is -7.84. The van der Waals surface area contributed by atoms with E-state index in [1.165, 1.54) is 0 Å². The minimum absolute atomic E-state index is 0.116. The molecule has 0 radical (unpaired) electrons. The van der Waals surface area contributed by atoms with Crippen molar-refractivity contribution in [3.8, 4) is 24.3 Å². The van der Waals surface area contributed by atoms with E-state index < -0.39 is 0 Å². The van der Waals surface area contributed by atoms with E-state index >= 15 is 0 Å². The van der Waals surface area contributed by atoms with E-state index in [9.17, 15) is 30.6 Å². The second kappa shape index (κ2) is 13.3. The van der Waals surface area contributed by atoms with Crippen molar-refractivity contribution in [1.82, 2.24) is 0 Å². The van der Waals surface area contributed by atoms with Crippen molar-refractivity contribution in [2.24, 2.45) is 0 Å². The Morgan fingerprint density at radius 1 is 0.431 bits per heavy atom. The zero-order valence-corrected chi connectivity index (χ0v) is 26.8. The molecule has 0 heterocycles. The van der Waals surface area contributed by atoms with Gasteiger partial charge < -0.3 is 4.90 Å². The molecule has 5 aromatic carbocycles. The molecular formula is C44H23N5O2. The number of nitrogens with zero attached hydrogens (tertiary/aromatic N) is 5. The maximum absolute atomic E-state index is 13.4. The van der Waals surface area contributed by atoms with Crippen LogP contribution in [-0.4, -0.2) is 11.6 Å². The average molecular weight is 654 g/mol. The molecule has 236 valence electrons. The summed E-state index contributed by atoms with van der Waals surface area (Å²) in [4.78, 5) is 28.9. The molecular weight excluding hydrogens is 631 g/mol. The highest BCUT2D eigenvalue weighted by molar-refractivity contribution is 6.30. The van der Waals surface area contributed by atoms with Crippen LogP contribution in [0.1, 0.15) is 43.0 Å². The van der Waals surface area contributed by atoms with E-state index in [2.05, 4.69) is 4.90 Å². The van der Waals surface area contributed by atoms with Gasteiger partial charge in [-0.1, -0.05) is 91.0 Å². The predicted octanol–water partition coefficient (Wildman–Crippen LogP) is 9.32. The molecule has 0 aliphatic heterocycles. The fraction of sp³-hybridized carbons (Fsp3) is 0. The van der Waals surface area contributed by atoms with Crippen LogP contribution in [0.2, 0.25) is 0 Å². The summed E-state index contributed by atoms with van der Waals surface area (Å²) >= 11 is 0. The van der Waals surface area contributed by atoms with Gasteiger partial charge in [-0.25, -0.2) is 0 Å². The van der Waals surface area contributed by atoms with Crippen LogP contribution in [0, 0.1) is 45.3 Å². The Balaban J connectivity index is 1.25. The zero-order chi connectivity index (χ0) is 35.5. The first kappa shape index (κ1) is 31.7. The molecule has 0 spiro atoms. The number of fused-ring (bicyclic) bond motifs is 2. The van der Waals surface area contributed by atoms with E-state index in [0.717, 1.165) is 28.2 Å². The maximum atomic E-state index is 13.4. The Morgan fingerprint density at radius 3 is 1.14 bits per heavy atom. The smallest absolute Gasteiger partial charge is 0.194 e. The van der Waals surface area contributed by atoms with Crippen molar-refractivity contribution in [1.29, 1.82) is 21.0 Å². The maximum Gasteiger partial charge on any atom is 0.194 e. The molecule has 0 bridgehead atoms. The summed E-state index contributed by atoms with van der Waals surface area (Å²) in [5.41, 5.74) is 7.10. The van der Waals surface area contributed by atoms with Gasteiger partial charge in [0.2, 0.25) is 0 Å². The van der Waals surface area contributed by atoms with Crippen molar-refractivity contribution < 1.29 is 9.59 Å². The minimum atomic E-state index is -0.240. The standard InChI is InChI=1S/C44H23N5O2/c45-24-30(25-46)41-35-10-4-6-12-37(35)43(50)39(41)22-28-14-18-33(19-15-28)49(32-8-2-1-3-9-32)34-20-16-29(17-21-34)23-40-42(31(26-47)27-48)36-11-5-7-13-38(36)44(40)51/h1-23H/b39-22-,40-23-. The third kappa shape index (κ3) is 5.60. The van der Waals surface area contributed by atoms with Gasteiger partial charge in [-0.15, -0.1) is 0 Å². The number of anilines is 3. The van der Waals surface area contributed by atoms with Gasteiger partial charge in [0.05, 0.1) is 0 Å². The minimum Gasteiger partial charge on any atom is -0.311 e. The lowest BCUT2D eigenvalue weighted by atomic mass is 9.98. The fourth-order valence-electron chi connectivity index (χ4n) is 6.49. The van der Waals surface area contributed by atoms with Crippen molar-refractivity contribution in [2.45, 2.75) is 0 Å². The number of ketones is 2. The normalized spacial score (nSPS) is 14.3. The van der Waals surface area contributed by atoms with Gasteiger partial charge in [0.1, 0.15) is 35.4 Å². The molecule has 0 N–H and O–H groups in total. The number of hydrogen-bond donors (Lipinski definition) is 0. The molecule has 0 unspecified atom stereocenters. The predicted molar refractivity (Wildman–Crippen MR) is 195 cm³/mol. The lowest BCUT2D eigenvalue weighted by molar-refractivity contribution is 0.103. The first-order valence-corrected chi connectivity index (χ1v) is 15.8. The summed E-state index contributed by atoms with van der Waals surface area (Å²) < 4.78 is 0. The molecule has 7 rings (SSSR count). The van der Waals surface area contributed by atoms with Crippen molar-refractivity contribution >= 4 is 51.9 Å². The SMILES string of the molecule is N#CC(C#N)=C1/C(=C/c2ccc(N(c3ccccc3)c3ccc(/C=C4\C(=O)c5ccccc5C4=C(C#N)C#N)cc3)cc2)C(=O)c2ccccc21. The lowest BCUT2D eigenvalue weighted by Crippen LogP contribution is -2.09. The number of rotatable bonds is 5. The molecule has 7 heteroatoms. The summed E-state index contributed by atoms with van der Waals surface area (Å²) in [5.74, 6) is -0.480. The Labute approximate surface area is 294 Å². The van der Waals surface area contributed by atoms with E-state index in [0.29, 0.717) is 44.5 Å². The Kier molecular flexibility index (Phi) is 8.31. The van der Waals surface area contributed by atoms with Crippen LogP contribution in [0.15, 0.2) is 150 Å². The number of Topliss-reactive ketones (excluding diaryl/α,β-unsaturated/α-hetero) is 2. The Morgan fingerprint density at radius 2 is 0.765 bits per heavy atom. The molecule has 2 aliphatic carbocycles. The van der Waals surface area contributed by atoms with Crippen molar-refractivity contribution in [2.75, 3.05) is 4.90 Å². The molecule has 0 fully saturated rings. The van der Waals surface area contributed by atoms with Crippen LogP contribution in [0.3, 0.4) is 0 Å². The van der Waals surface area contributed by atoms with E-state index in [1.807, 2.05) is 103 Å². The second-order valence-electron chi connectivity index (χ2n) is 11.7. The summed E-state index contributed by atoms with van der Waals surface area (Å²) in [7, 11) is 0.